The van der Waals surface area contributed by atoms with Gasteiger partial charge in [0.2, 0.25) is 0 Å². The van der Waals surface area contributed by atoms with Crippen LogP contribution in [0.5, 0.6) is 0 Å². The van der Waals surface area contributed by atoms with E-state index in [1.54, 1.807) is 4.57 Å². The van der Waals surface area contributed by atoms with Crippen molar-refractivity contribution in [3.8, 4) is 0 Å². The molecule has 24 heavy (non-hydrogen) atoms. The summed E-state index contributed by atoms with van der Waals surface area (Å²) in [6.07, 6.45) is 6.75. The van der Waals surface area contributed by atoms with Crippen LogP contribution in [0.25, 0.3) is 10.2 Å². The zero-order chi connectivity index (χ0) is 15.9. The third-order valence-corrected chi connectivity index (χ3v) is 6.69. The molecule has 0 radical (unpaired) electrons. The molecule has 4 rings (SSSR count). The molecule has 4 nitrogen and oxygen atoms in total. The van der Waals surface area contributed by atoms with Gasteiger partial charge in [-0.3, -0.25) is 9.69 Å². The van der Waals surface area contributed by atoms with Gasteiger partial charge in [0.05, 0.1) is 10.2 Å². The highest BCUT2D eigenvalue weighted by molar-refractivity contribution is 7.16. The van der Waals surface area contributed by atoms with Gasteiger partial charge in [0.25, 0.3) is 0 Å². The predicted octanol–water partition coefficient (Wildman–Crippen LogP) is 3.13. The maximum atomic E-state index is 11.8. The molecule has 1 saturated carbocycles. The first-order chi connectivity index (χ1) is 11.2. The molecule has 2 fully saturated rings. The Balaban J connectivity index is 0.00000169. The monoisotopic (exact) mass is 367 g/mol. The van der Waals surface area contributed by atoms with Gasteiger partial charge in [0.15, 0.2) is 0 Å². The van der Waals surface area contributed by atoms with Crippen LogP contribution < -0.4 is 10.2 Å². The molecular formula is C18H26ClN3OS. The standard InChI is InChI=1S/C18H25N3OS.ClH/c1-20-15-6-5-14(11-16(15)23-17(20)22)12-21-10-9-19-13-18(21)7-3-2-4-8-18;/h5-6,11,19H,2-4,7-10,12-13H2,1H3;1H. The van der Waals surface area contributed by atoms with Gasteiger partial charge in [0.1, 0.15) is 0 Å². The average Bonchev–Trinajstić information content (AvgIpc) is 2.85. The van der Waals surface area contributed by atoms with E-state index in [0.29, 0.717) is 5.54 Å². The van der Waals surface area contributed by atoms with Gasteiger partial charge in [-0.15, -0.1) is 12.4 Å². The summed E-state index contributed by atoms with van der Waals surface area (Å²) in [7, 11) is 1.86. The summed E-state index contributed by atoms with van der Waals surface area (Å²) >= 11 is 1.36. The highest BCUT2D eigenvalue weighted by Gasteiger charge is 2.39. The first-order valence-corrected chi connectivity index (χ1v) is 9.54. The molecule has 1 aliphatic carbocycles. The van der Waals surface area contributed by atoms with Gasteiger partial charge in [0, 0.05) is 38.8 Å². The molecular weight excluding hydrogens is 342 g/mol. The molecule has 0 bridgehead atoms. The van der Waals surface area contributed by atoms with E-state index in [1.165, 1.54) is 49.0 Å². The van der Waals surface area contributed by atoms with Crippen LogP contribution in [-0.2, 0) is 13.6 Å². The number of halogens is 1. The van der Waals surface area contributed by atoms with Gasteiger partial charge in [-0.2, -0.15) is 0 Å². The normalized spacial score (nSPS) is 21.0. The van der Waals surface area contributed by atoms with Gasteiger partial charge in [-0.05, 0) is 30.5 Å². The van der Waals surface area contributed by atoms with E-state index in [2.05, 4.69) is 28.4 Å². The SMILES string of the molecule is Cl.Cn1c(=O)sc2cc(CN3CCNCC34CCCCC4)ccc21. The number of aryl methyl sites for hydroxylation is 1. The van der Waals surface area contributed by atoms with Crippen molar-refractivity contribution in [2.24, 2.45) is 7.05 Å². The number of nitrogens with zero attached hydrogens (tertiary/aromatic N) is 2. The van der Waals surface area contributed by atoms with Crippen molar-refractivity contribution in [1.82, 2.24) is 14.8 Å². The van der Waals surface area contributed by atoms with Crippen molar-refractivity contribution in [2.75, 3.05) is 19.6 Å². The third kappa shape index (κ3) is 3.15. The maximum absolute atomic E-state index is 11.8. The fraction of sp³-hybridized carbons (Fsp3) is 0.611. The Morgan fingerprint density at radius 3 is 2.83 bits per heavy atom. The van der Waals surface area contributed by atoms with E-state index in [0.717, 1.165) is 36.4 Å². The minimum atomic E-state index is 0. The Bertz CT molecular complexity index is 755. The summed E-state index contributed by atoms with van der Waals surface area (Å²) in [5, 5.41) is 3.62. The van der Waals surface area contributed by atoms with E-state index in [9.17, 15) is 4.79 Å². The highest BCUT2D eigenvalue weighted by atomic mass is 35.5. The second-order valence-electron chi connectivity index (χ2n) is 7.11. The minimum absolute atomic E-state index is 0. The number of rotatable bonds is 2. The second-order valence-corrected chi connectivity index (χ2v) is 8.11. The Hall–Kier alpha value is -0.880. The topological polar surface area (TPSA) is 37.3 Å². The van der Waals surface area contributed by atoms with Crippen molar-refractivity contribution in [3.05, 3.63) is 33.4 Å². The van der Waals surface area contributed by atoms with Gasteiger partial charge in [-0.1, -0.05) is 36.7 Å². The lowest BCUT2D eigenvalue weighted by molar-refractivity contribution is 0.0209. The summed E-state index contributed by atoms with van der Waals surface area (Å²) < 4.78 is 2.86. The van der Waals surface area contributed by atoms with Crippen LogP contribution in [0.15, 0.2) is 23.0 Å². The number of hydrogen-bond donors (Lipinski definition) is 1. The van der Waals surface area contributed by atoms with Crippen molar-refractivity contribution in [1.29, 1.82) is 0 Å². The molecule has 0 unspecified atom stereocenters. The first-order valence-electron chi connectivity index (χ1n) is 8.72. The fourth-order valence-corrected chi connectivity index (χ4v) is 5.27. The number of benzene rings is 1. The Morgan fingerprint density at radius 1 is 1.25 bits per heavy atom. The first kappa shape index (κ1) is 17.9. The predicted molar refractivity (Wildman–Crippen MR) is 103 cm³/mol. The summed E-state index contributed by atoms with van der Waals surface area (Å²) in [6.45, 7) is 4.35. The number of hydrogen-bond acceptors (Lipinski definition) is 4. The Kier molecular flexibility index (Phi) is 5.35. The van der Waals surface area contributed by atoms with Gasteiger partial charge in [-0.25, -0.2) is 0 Å². The molecule has 6 heteroatoms. The molecule has 1 aliphatic heterocycles. The van der Waals surface area contributed by atoms with Crippen LogP contribution >= 0.6 is 23.7 Å². The van der Waals surface area contributed by atoms with E-state index < -0.39 is 0 Å². The minimum Gasteiger partial charge on any atom is -0.314 e. The summed E-state index contributed by atoms with van der Waals surface area (Å²) in [5.41, 5.74) is 2.75. The van der Waals surface area contributed by atoms with E-state index in [-0.39, 0.29) is 17.3 Å². The van der Waals surface area contributed by atoms with Crippen LogP contribution in [0.4, 0.5) is 0 Å². The smallest absolute Gasteiger partial charge is 0.307 e. The largest absolute Gasteiger partial charge is 0.314 e. The quantitative estimate of drug-likeness (QED) is 0.886. The Morgan fingerprint density at radius 2 is 2.04 bits per heavy atom. The van der Waals surface area contributed by atoms with E-state index >= 15 is 0 Å². The molecule has 0 amide bonds. The molecule has 1 saturated heterocycles. The fourth-order valence-electron chi connectivity index (χ4n) is 4.33. The molecule has 2 aromatic rings. The molecule has 132 valence electrons. The van der Waals surface area contributed by atoms with Crippen molar-refractivity contribution in [2.45, 2.75) is 44.2 Å². The molecule has 2 aliphatic rings. The summed E-state index contributed by atoms with van der Waals surface area (Å²) in [6, 6.07) is 6.53. The number of aromatic nitrogens is 1. The summed E-state index contributed by atoms with van der Waals surface area (Å²) in [5.74, 6) is 0. The van der Waals surface area contributed by atoms with Crippen LogP contribution in [0.1, 0.15) is 37.7 Å². The number of piperazine rings is 1. The Labute approximate surface area is 153 Å². The lowest BCUT2D eigenvalue weighted by Crippen LogP contribution is -2.61. The van der Waals surface area contributed by atoms with Crippen LogP contribution in [0.2, 0.25) is 0 Å². The third-order valence-electron chi connectivity index (χ3n) is 5.70. The van der Waals surface area contributed by atoms with Gasteiger partial charge >= 0.3 is 4.87 Å². The van der Waals surface area contributed by atoms with Crippen LogP contribution in [-0.4, -0.2) is 34.6 Å². The molecule has 1 N–H and O–H groups in total. The zero-order valence-corrected chi connectivity index (χ0v) is 15.8. The lowest BCUT2D eigenvalue weighted by atomic mass is 9.79. The molecule has 1 aromatic heterocycles. The number of fused-ring (bicyclic) bond motifs is 1. The van der Waals surface area contributed by atoms with E-state index in [1.807, 2.05) is 7.05 Å². The van der Waals surface area contributed by atoms with Crippen LogP contribution in [0, 0.1) is 0 Å². The molecule has 1 aromatic carbocycles. The van der Waals surface area contributed by atoms with Crippen LogP contribution in [0.3, 0.4) is 0 Å². The molecule has 0 atom stereocenters. The lowest BCUT2D eigenvalue weighted by Gasteiger charge is -2.50. The number of thiazole rings is 1. The molecule has 2 heterocycles. The van der Waals surface area contributed by atoms with Gasteiger partial charge < -0.3 is 9.88 Å². The van der Waals surface area contributed by atoms with E-state index in [4.69, 9.17) is 0 Å². The zero-order valence-electron chi connectivity index (χ0n) is 14.2. The molecule has 1 spiro atoms. The maximum Gasteiger partial charge on any atom is 0.307 e. The van der Waals surface area contributed by atoms with Crippen molar-refractivity contribution in [3.63, 3.8) is 0 Å². The second kappa shape index (κ2) is 7.16. The van der Waals surface area contributed by atoms with Crippen molar-refractivity contribution >= 4 is 34.0 Å². The number of nitrogens with one attached hydrogen (secondary N) is 1. The highest BCUT2D eigenvalue weighted by Crippen LogP contribution is 2.35. The average molecular weight is 368 g/mol. The summed E-state index contributed by atoms with van der Waals surface area (Å²) in [4.78, 5) is 14.7. The van der Waals surface area contributed by atoms with Crippen molar-refractivity contribution < 1.29 is 0 Å².